The molecule has 1 saturated carbocycles. The highest BCUT2D eigenvalue weighted by molar-refractivity contribution is 5.81. The minimum atomic E-state index is -0.364. The first-order valence-electron chi connectivity index (χ1n) is 5.38. The lowest BCUT2D eigenvalue weighted by Crippen LogP contribution is -2.44. The topological polar surface area (TPSA) is 55.1 Å². The van der Waals surface area contributed by atoms with Gasteiger partial charge in [-0.2, -0.15) is 0 Å². The van der Waals surface area contributed by atoms with Crippen LogP contribution < -0.4 is 11.1 Å². The Morgan fingerprint density at radius 1 is 1.57 bits per heavy atom. The molecule has 0 spiro atoms. The van der Waals surface area contributed by atoms with Crippen molar-refractivity contribution in [1.82, 2.24) is 5.32 Å². The summed E-state index contributed by atoms with van der Waals surface area (Å²) in [7, 11) is 0. The minimum Gasteiger partial charge on any atom is -0.354 e. The Morgan fingerprint density at radius 3 is 2.43 bits per heavy atom. The Kier molecular flexibility index (Phi) is 3.20. The van der Waals surface area contributed by atoms with Crippen LogP contribution in [0, 0.1) is 17.3 Å². The molecule has 1 aliphatic rings. The Bertz CT molecular complexity index is 223. The maximum atomic E-state index is 11.5. The van der Waals surface area contributed by atoms with Crippen LogP contribution in [0.15, 0.2) is 0 Å². The van der Waals surface area contributed by atoms with Crippen molar-refractivity contribution in [3.8, 4) is 0 Å². The Labute approximate surface area is 86.4 Å². The van der Waals surface area contributed by atoms with Gasteiger partial charge in [-0.15, -0.1) is 0 Å². The summed E-state index contributed by atoms with van der Waals surface area (Å²) in [4.78, 5) is 11.5. The summed E-state index contributed by atoms with van der Waals surface area (Å²) in [5, 5.41) is 2.92. The molecule has 2 atom stereocenters. The van der Waals surface area contributed by atoms with Crippen LogP contribution in [0.2, 0.25) is 0 Å². The number of rotatable bonds is 4. The first kappa shape index (κ1) is 11.5. The maximum Gasteiger partial charge on any atom is 0.237 e. The van der Waals surface area contributed by atoms with Crippen LogP contribution in [0.4, 0.5) is 0 Å². The lowest BCUT2D eigenvalue weighted by atomic mass is 10.0. The van der Waals surface area contributed by atoms with Gasteiger partial charge in [0.2, 0.25) is 5.91 Å². The molecule has 0 bridgehead atoms. The van der Waals surface area contributed by atoms with Crippen LogP contribution in [0.3, 0.4) is 0 Å². The molecule has 0 saturated heterocycles. The predicted molar refractivity (Wildman–Crippen MR) is 57.7 cm³/mol. The molecule has 1 fully saturated rings. The van der Waals surface area contributed by atoms with E-state index in [1.165, 1.54) is 6.42 Å². The summed E-state index contributed by atoms with van der Waals surface area (Å²) in [6.07, 6.45) is 1.21. The van der Waals surface area contributed by atoms with Crippen molar-refractivity contribution < 1.29 is 4.79 Å². The monoisotopic (exact) mass is 198 g/mol. The van der Waals surface area contributed by atoms with E-state index in [1.807, 2.05) is 13.8 Å². The molecule has 0 aromatic carbocycles. The average Bonchev–Trinajstić information content (AvgIpc) is 2.68. The van der Waals surface area contributed by atoms with E-state index in [2.05, 4.69) is 19.2 Å². The highest BCUT2D eigenvalue weighted by atomic mass is 16.2. The summed E-state index contributed by atoms with van der Waals surface area (Å²) in [5.74, 6) is 0.843. The summed E-state index contributed by atoms with van der Waals surface area (Å²) in [5.41, 5.74) is 6.15. The molecule has 3 N–H and O–H groups in total. The van der Waals surface area contributed by atoms with E-state index in [0.29, 0.717) is 11.3 Å². The molecule has 2 unspecified atom stereocenters. The molecular formula is C11H22N2O. The third kappa shape index (κ3) is 2.71. The molecule has 0 aliphatic heterocycles. The molecule has 0 radical (unpaired) electrons. The Balaban J connectivity index is 2.22. The fraction of sp³-hybridized carbons (Fsp3) is 0.909. The van der Waals surface area contributed by atoms with E-state index in [-0.39, 0.29) is 17.9 Å². The first-order chi connectivity index (χ1) is 6.34. The van der Waals surface area contributed by atoms with Crippen LogP contribution >= 0.6 is 0 Å². The van der Waals surface area contributed by atoms with Crippen molar-refractivity contribution in [3.63, 3.8) is 0 Å². The molecule has 0 heterocycles. The average molecular weight is 198 g/mol. The summed E-state index contributed by atoms with van der Waals surface area (Å²) >= 11 is 0. The van der Waals surface area contributed by atoms with E-state index >= 15 is 0 Å². The number of hydrogen-bond acceptors (Lipinski definition) is 2. The third-order valence-corrected chi connectivity index (χ3v) is 3.26. The van der Waals surface area contributed by atoms with Crippen molar-refractivity contribution in [1.29, 1.82) is 0 Å². The van der Waals surface area contributed by atoms with Crippen LogP contribution in [0.5, 0.6) is 0 Å². The second-order valence-electron chi connectivity index (χ2n) is 5.40. The van der Waals surface area contributed by atoms with Crippen LogP contribution in [-0.4, -0.2) is 18.5 Å². The summed E-state index contributed by atoms with van der Waals surface area (Å²) in [6, 6.07) is -0.364. The van der Waals surface area contributed by atoms with Gasteiger partial charge in [0, 0.05) is 6.54 Å². The van der Waals surface area contributed by atoms with E-state index < -0.39 is 0 Å². The molecule has 3 nitrogen and oxygen atoms in total. The molecule has 82 valence electrons. The van der Waals surface area contributed by atoms with Crippen molar-refractivity contribution >= 4 is 5.91 Å². The molecule has 1 rings (SSSR count). The zero-order valence-corrected chi connectivity index (χ0v) is 9.63. The van der Waals surface area contributed by atoms with Gasteiger partial charge in [0.25, 0.3) is 0 Å². The normalized spacial score (nSPS) is 26.0. The van der Waals surface area contributed by atoms with Gasteiger partial charge >= 0.3 is 0 Å². The van der Waals surface area contributed by atoms with Crippen LogP contribution in [-0.2, 0) is 4.79 Å². The smallest absolute Gasteiger partial charge is 0.237 e. The van der Waals surface area contributed by atoms with E-state index in [4.69, 9.17) is 5.73 Å². The lowest BCUT2D eigenvalue weighted by Gasteiger charge is -2.15. The number of nitrogens with one attached hydrogen (secondary N) is 1. The second kappa shape index (κ2) is 3.89. The second-order valence-corrected chi connectivity index (χ2v) is 5.40. The van der Waals surface area contributed by atoms with Gasteiger partial charge < -0.3 is 11.1 Å². The van der Waals surface area contributed by atoms with Gasteiger partial charge in [0.05, 0.1) is 6.04 Å². The Hall–Kier alpha value is -0.570. The highest BCUT2D eigenvalue weighted by Gasteiger charge is 2.45. The zero-order valence-electron chi connectivity index (χ0n) is 9.63. The number of amides is 1. The van der Waals surface area contributed by atoms with E-state index in [9.17, 15) is 4.79 Å². The quantitative estimate of drug-likeness (QED) is 0.711. The van der Waals surface area contributed by atoms with Gasteiger partial charge in [-0.25, -0.2) is 0 Å². The maximum absolute atomic E-state index is 11.5. The SMILES string of the molecule is CC(C)C(N)C(=O)NCC1CC1(C)C. The zero-order chi connectivity index (χ0) is 10.9. The predicted octanol–water partition coefficient (Wildman–Crippen LogP) is 1.13. The fourth-order valence-electron chi connectivity index (χ4n) is 1.57. The molecule has 1 aliphatic carbocycles. The van der Waals surface area contributed by atoms with Gasteiger partial charge in [-0.3, -0.25) is 4.79 Å². The molecule has 3 heteroatoms. The molecule has 14 heavy (non-hydrogen) atoms. The van der Waals surface area contributed by atoms with Crippen molar-refractivity contribution in [2.45, 2.75) is 40.2 Å². The first-order valence-corrected chi connectivity index (χ1v) is 5.38. The number of carbonyl (C=O) groups excluding carboxylic acids is 1. The van der Waals surface area contributed by atoms with E-state index in [0.717, 1.165) is 6.54 Å². The lowest BCUT2D eigenvalue weighted by molar-refractivity contribution is -0.123. The van der Waals surface area contributed by atoms with Crippen LogP contribution in [0.1, 0.15) is 34.1 Å². The van der Waals surface area contributed by atoms with Gasteiger partial charge in [0.15, 0.2) is 0 Å². The highest BCUT2D eigenvalue weighted by Crippen LogP contribution is 2.50. The van der Waals surface area contributed by atoms with Gasteiger partial charge in [-0.1, -0.05) is 27.7 Å². The third-order valence-electron chi connectivity index (χ3n) is 3.26. The molecular weight excluding hydrogens is 176 g/mol. The van der Waals surface area contributed by atoms with Gasteiger partial charge in [0.1, 0.15) is 0 Å². The van der Waals surface area contributed by atoms with Crippen molar-refractivity contribution in [2.75, 3.05) is 6.54 Å². The standard InChI is InChI=1S/C11H22N2O/c1-7(2)9(12)10(14)13-6-8-5-11(8,3)4/h7-9H,5-6,12H2,1-4H3,(H,13,14). The minimum absolute atomic E-state index is 0.0114. The van der Waals surface area contributed by atoms with Crippen molar-refractivity contribution in [2.24, 2.45) is 23.0 Å². The molecule has 1 amide bonds. The van der Waals surface area contributed by atoms with E-state index in [1.54, 1.807) is 0 Å². The molecule has 0 aromatic rings. The summed E-state index contributed by atoms with van der Waals surface area (Å²) < 4.78 is 0. The van der Waals surface area contributed by atoms with Crippen LogP contribution in [0.25, 0.3) is 0 Å². The largest absolute Gasteiger partial charge is 0.354 e. The van der Waals surface area contributed by atoms with Gasteiger partial charge in [-0.05, 0) is 23.7 Å². The molecule has 0 aromatic heterocycles. The summed E-state index contributed by atoms with van der Waals surface area (Å²) in [6.45, 7) is 9.17. The fourth-order valence-corrected chi connectivity index (χ4v) is 1.57. The Morgan fingerprint density at radius 2 is 2.07 bits per heavy atom. The van der Waals surface area contributed by atoms with Crippen molar-refractivity contribution in [3.05, 3.63) is 0 Å². The number of carbonyl (C=O) groups is 1. The number of nitrogens with two attached hydrogens (primary N) is 1. The number of hydrogen-bond donors (Lipinski definition) is 2.